The average Bonchev–Trinajstić information content (AvgIpc) is 2.99. The number of esters is 2. The summed E-state index contributed by atoms with van der Waals surface area (Å²) in [6.45, 7) is 13.0. The van der Waals surface area contributed by atoms with Crippen molar-refractivity contribution in [2.24, 2.45) is 23.7 Å². The summed E-state index contributed by atoms with van der Waals surface area (Å²) < 4.78 is 30.3. The molecule has 2 unspecified atom stereocenters. The first kappa shape index (κ1) is 40.0. The van der Waals surface area contributed by atoms with Gasteiger partial charge in [-0.1, -0.05) is 27.7 Å². The van der Waals surface area contributed by atoms with E-state index < -0.39 is 90.0 Å². The largest absolute Gasteiger partial charge is 0.460 e. The first-order chi connectivity index (χ1) is 21.3. The molecule has 0 aliphatic carbocycles. The van der Waals surface area contributed by atoms with Crippen LogP contribution in [-0.4, -0.2) is 119 Å². The van der Waals surface area contributed by atoms with Crippen molar-refractivity contribution < 1.29 is 53.4 Å². The lowest BCUT2D eigenvalue weighted by Crippen LogP contribution is -2.60. The van der Waals surface area contributed by atoms with E-state index >= 15 is 0 Å². The van der Waals surface area contributed by atoms with Crippen LogP contribution >= 0.6 is 0 Å². The van der Waals surface area contributed by atoms with Crippen molar-refractivity contribution >= 4 is 17.7 Å². The highest BCUT2D eigenvalue weighted by Crippen LogP contribution is 2.40. The number of aliphatic hydroxyl groups is 3. The molecule has 46 heavy (non-hydrogen) atoms. The standard InChI is InChI=1S/C33H56N2O11/c1-12-23-33(8,41)28(39)19(4)25(37)17(2)16-32(7,42-11)29(46-31-26(38)22(35(9)10)15-18(3)43-31)20(5)27(21(6)30(40)44-23)45-24(36)13-14-34/h17-23,26-29,31,38-39,41H,12-13,15-16H2,1-11H3/t17-,18-,19+,20+,21-,22+,23-,26?,27+,28-,29-,31?,32+,33-/m1/s1. The summed E-state index contributed by atoms with van der Waals surface area (Å²) in [5, 5.41) is 43.2. The number of ether oxygens (including phenoxy) is 5. The predicted molar refractivity (Wildman–Crippen MR) is 166 cm³/mol. The van der Waals surface area contributed by atoms with Crippen LogP contribution in [0.4, 0.5) is 0 Å². The Labute approximate surface area is 273 Å². The molecule has 2 aliphatic heterocycles. The zero-order valence-electron chi connectivity index (χ0n) is 29.3. The maximum absolute atomic E-state index is 13.8. The number of carbonyl (C=O) groups excluding carboxylic acids is 3. The van der Waals surface area contributed by atoms with Crippen LogP contribution in [0.25, 0.3) is 0 Å². The number of nitrogens with zero attached hydrogens (tertiary/aromatic N) is 2. The lowest BCUT2D eigenvalue weighted by atomic mass is 9.74. The Balaban J connectivity index is 2.77. The van der Waals surface area contributed by atoms with E-state index in [-0.39, 0.29) is 30.8 Å². The Kier molecular flexibility index (Phi) is 14.2. The van der Waals surface area contributed by atoms with Crippen LogP contribution in [0.1, 0.15) is 81.1 Å². The Morgan fingerprint density at radius 1 is 1.11 bits per heavy atom. The van der Waals surface area contributed by atoms with E-state index in [9.17, 15) is 35.0 Å². The number of Topliss-reactive ketones (excluding diaryl/α,β-unsaturated/α-hetero) is 1. The molecule has 13 nitrogen and oxygen atoms in total. The van der Waals surface area contributed by atoms with E-state index in [0.29, 0.717) is 6.42 Å². The third-order valence-electron chi connectivity index (χ3n) is 9.98. The minimum atomic E-state index is -1.99. The van der Waals surface area contributed by atoms with Crippen molar-refractivity contribution in [2.45, 2.75) is 141 Å². The molecule has 2 saturated heterocycles. The Hall–Kier alpha value is -2.18. The maximum atomic E-state index is 13.8. The van der Waals surface area contributed by atoms with Gasteiger partial charge >= 0.3 is 11.9 Å². The van der Waals surface area contributed by atoms with Crippen LogP contribution in [0.5, 0.6) is 0 Å². The average molecular weight is 657 g/mol. The van der Waals surface area contributed by atoms with E-state index in [2.05, 4.69) is 0 Å². The van der Waals surface area contributed by atoms with E-state index in [1.807, 2.05) is 25.9 Å². The topological polar surface area (TPSA) is 185 Å². The number of methoxy groups -OCH3 is 1. The quantitative estimate of drug-likeness (QED) is 0.338. The summed E-state index contributed by atoms with van der Waals surface area (Å²) in [6.07, 6.45) is -7.47. The number of hydrogen-bond donors (Lipinski definition) is 3. The first-order valence-corrected chi connectivity index (χ1v) is 16.2. The lowest BCUT2D eigenvalue weighted by Gasteiger charge is -2.48. The number of rotatable bonds is 7. The van der Waals surface area contributed by atoms with E-state index in [1.165, 1.54) is 27.9 Å². The number of hydrogen-bond acceptors (Lipinski definition) is 13. The van der Waals surface area contributed by atoms with Gasteiger partial charge in [0.05, 0.1) is 35.9 Å². The molecule has 264 valence electrons. The number of aliphatic hydroxyl groups excluding tert-OH is 2. The lowest BCUT2D eigenvalue weighted by molar-refractivity contribution is -0.301. The zero-order valence-corrected chi connectivity index (χ0v) is 29.3. The Morgan fingerprint density at radius 3 is 2.24 bits per heavy atom. The molecule has 2 aliphatic rings. The maximum Gasteiger partial charge on any atom is 0.320 e. The van der Waals surface area contributed by atoms with Crippen molar-refractivity contribution in [3.05, 3.63) is 0 Å². The zero-order chi connectivity index (χ0) is 35.3. The fourth-order valence-corrected chi connectivity index (χ4v) is 7.04. The molecule has 14 atom stereocenters. The fraction of sp³-hybridized carbons (Fsp3) is 0.879. The van der Waals surface area contributed by atoms with Crippen LogP contribution in [0.3, 0.4) is 0 Å². The molecule has 0 amide bonds. The van der Waals surface area contributed by atoms with Crippen molar-refractivity contribution in [1.82, 2.24) is 4.90 Å². The molecule has 3 N–H and O–H groups in total. The van der Waals surface area contributed by atoms with Crippen LogP contribution in [0, 0.1) is 35.0 Å². The highest BCUT2D eigenvalue weighted by atomic mass is 16.7. The Morgan fingerprint density at radius 2 is 1.72 bits per heavy atom. The molecule has 2 fully saturated rings. The van der Waals surface area contributed by atoms with Gasteiger partial charge in [-0.05, 0) is 61.1 Å². The van der Waals surface area contributed by atoms with E-state index in [4.69, 9.17) is 23.7 Å². The summed E-state index contributed by atoms with van der Waals surface area (Å²) in [6, 6.07) is 1.45. The van der Waals surface area contributed by atoms with Gasteiger partial charge < -0.3 is 43.9 Å². The van der Waals surface area contributed by atoms with Crippen LogP contribution in [0.15, 0.2) is 0 Å². The van der Waals surface area contributed by atoms with Crippen LogP contribution in [0.2, 0.25) is 0 Å². The van der Waals surface area contributed by atoms with Gasteiger partial charge in [0.15, 0.2) is 6.29 Å². The molecule has 0 aromatic rings. The van der Waals surface area contributed by atoms with Gasteiger partial charge in [-0.25, -0.2) is 0 Å². The molecule has 0 spiro atoms. The molecule has 0 bridgehead atoms. The number of nitriles is 1. The molecule has 0 aromatic heterocycles. The van der Waals surface area contributed by atoms with Gasteiger partial charge in [0.25, 0.3) is 0 Å². The smallest absolute Gasteiger partial charge is 0.320 e. The van der Waals surface area contributed by atoms with Gasteiger partial charge in [0.2, 0.25) is 0 Å². The SMILES string of the molecule is CC[C@H]1OC(=O)[C@H](C)[C@@H](OC(=O)CC#N)[C@H](C)[C@@H](OC2O[C@H](C)C[C@H](N(C)C)C2O)[C@@](C)(OC)C[C@@H](C)C(=O)[C@H](C)[C@@H](O)[C@]1(C)O. The predicted octanol–water partition coefficient (Wildman–Crippen LogP) is 1.98. The third kappa shape index (κ3) is 8.83. The summed E-state index contributed by atoms with van der Waals surface area (Å²) in [4.78, 5) is 42.1. The monoisotopic (exact) mass is 656 g/mol. The minimum Gasteiger partial charge on any atom is -0.460 e. The number of carbonyl (C=O) groups is 3. The molecule has 2 rings (SSSR count). The number of cyclic esters (lactones) is 1. The molecular formula is C33H56N2O11. The normalized spacial score (nSPS) is 43.3. The fourth-order valence-electron chi connectivity index (χ4n) is 7.04. The third-order valence-corrected chi connectivity index (χ3v) is 9.98. The first-order valence-electron chi connectivity index (χ1n) is 16.2. The molecule has 0 radical (unpaired) electrons. The van der Waals surface area contributed by atoms with Crippen LogP contribution in [-0.2, 0) is 38.1 Å². The Bertz CT molecular complexity index is 1090. The highest BCUT2D eigenvalue weighted by Gasteiger charge is 2.52. The van der Waals surface area contributed by atoms with Gasteiger partial charge in [-0.3, -0.25) is 14.4 Å². The van der Waals surface area contributed by atoms with Gasteiger partial charge in [0.1, 0.15) is 36.1 Å². The van der Waals surface area contributed by atoms with Gasteiger partial charge in [-0.2, -0.15) is 5.26 Å². The van der Waals surface area contributed by atoms with Crippen molar-refractivity contribution in [3.63, 3.8) is 0 Å². The van der Waals surface area contributed by atoms with Crippen molar-refractivity contribution in [1.29, 1.82) is 5.26 Å². The van der Waals surface area contributed by atoms with E-state index in [0.717, 1.165) is 0 Å². The second-order valence-corrected chi connectivity index (χ2v) is 13.9. The summed E-state index contributed by atoms with van der Waals surface area (Å²) in [5.41, 5.74) is -3.30. The molecule has 2 heterocycles. The second kappa shape index (κ2) is 16.3. The molecule has 0 saturated carbocycles. The van der Waals surface area contributed by atoms with Gasteiger partial charge in [0, 0.05) is 30.9 Å². The van der Waals surface area contributed by atoms with E-state index in [1.54, 1.807) is 33.8 Å². The van der Waals surface area contributed by atoms with Crippen LogP contribution < -0.4 is 0 Å². The number of likely N-dealkylation sites (N-methyl/N-ethyl adjacent to an activating group) is 1. The van der Waals surface area contributed by atoms with Gasteiger partial charge in [-0.15, -0.1) is 0 Å². The summed E-state index contributed by atoms with van der Waals surface area (Å²) >= 11 is 0. The summed E-state index contributed by atoms with van der Waals surface area (Å²) in [7, 11) is 5.12. The van der Waals surface area contributed by atoms with Crippen molar-refractivity contribution in [3.8, 4) is 6.07 Å². The van der Waals surface area contributed by atoms with Crippen molar-refractivity contribution in [2.75, 3.05) is 21.2 Å². The molecular weight excluding hydrogens is 600 g/mol. The highest BCUT2D eigenvalue weighted by molar-refractivity contribution is 5.83. The molecule has 13 heteroatoms. The summed E-state index contributed by atoms with van der Waals surface area (Å²) in [5.74, 6) is -5.83. The number of ketones is 1. The minimum absolute atomic E-state index is 0.0565. The molecule has 0 aromatic carbocycles. The second-order valence-electron chi connectivity index (χ2n) is 13.9.